The van der Waals surface area contributed by atoms with E-state index >= 15 is 0 Å². The highest BCUT2D eigenvalue weighted by atomic mass is 35.5. The Hall–Kier alpha value is -4.57. The highest BCUT2D eigenvalue weighted by molar-refractivity contribution is 6.61. The van der Waals surface area contributed by atoms with Gasteiger partial charge >= 0.3 is 11.5 Å². The van der Waals surface area contributed by atoms with E-state index in [0.717, 1.165) is 24.2 Å². The van der Waals surface area contributed by atoms with Crippen LogP contribution in [0.1, 0.15) is 25.2 Å². The number of ether oxygens (including phenoxy) is 2. The highest BCUT2D eigenvalue weighted by Crippen LogP contribution is 2.10. The summed E-state index contributed by atoms with van der Waals surface area (Å²) in [6.07, 6.45) is 7.52. The molecule has 2 aromatic carbocycles. The number of rotatable bonds is 5. The second-order valence-corrected chi connectivity index (χ2v) is 7.32. The second-order valence-electron chi connectivity index (χ2n) is 7.01. The van der Waals surface area contributed by atoms with Crippen molar-refractivity contribution in [1.29, 1.82) is 0 Å². The zero-order valence-electron chi connectivity index (χ0n) is 20.4. The van der Waals surface area contributed by atoms with Crippen molar-refractivity contribution < 1.29 is 19.1 Å². The number of nitrogens with two attached hydrogens (primary N) is 1. The predicted molar refractivity (Wildman–Crippen MR) is 142 cm³/mol. The van der Waals surface area contributed by atoms with E-state index in [1.807, 2.05) is 26.0 Å². The van der Waals surface area contributed by atoms with Gasteiger partial charge < -0.3 is 15.2 Å². The number of halogens is 1. The maximum absolute atomic E-state index is 11.5. The molecular formula is C26H27ClN6O4. The van der Waals surface area contributed by atoms with Gasteiger partial charge in [-0.05, 0) is 37.1 Å². The quantitative estimate of drug-likeness (QED) is 0.315. The molecular weight excluding hydrogens is 496 g/mol. The maximum Gasteiger partial charge on any atom is 0.418 e. The first kappa shape index (κ1) is 28.7. The summed E-state index contributed by atoms with van der Waals surface area (Å²) in [6.45, 7) is 4.01. The molecule has 0 aliphatic carbocycles. The monoisotopic (exact) mass is 522 g/mol. The minimum atomic E-state index is -0.814. The van der Waals surface area contributed by atoms with Gasteiger partial charge in [0.25, 0.3) is 0 Å². The zero-order chi connectivity index (χ0) is 26.9. The van der Waals surface area contributed by atoms with E-state index in [-0.39, 0.29) is 0 Å². The summed E-state index contributed by atoms with van der Waals surface area (Å²) in [4.78, 5) is 37.7. The Kier molecular flexibility index (Phi) is 12.5. The number of nitrogen functional groups attached to an aromatic ring is 1. The Morgan fingerprint density at radius 2 is 1.27 bits per heavy atom. The van der Waals surface area contributed by atoms with Crippen molar-refractivity contribution in [3.8, 4) is 11.5 Å². The number of nitrogens with zero attached hydrogens (tertiary/aromatic N) is 4. The molecule has 1 amide bonds. The Labute approximate surface area is 219 Å². The molecule has 4 rings (SSSR count). The zero-order valence-corrected chi connectivity index (χ0v) is 21.1. The van der Waals surface area contributed by atoms with Crippen molar-refractivity contribution in [1.82, 2.24) is 19.9 Å². The van der Waals surface area contributed by atoms with Crippen LogP contribution in [0.4, 0.5) is 21.2 Å². The Balaban J connectivity index is 0.000000214. The summed E-state index contributed by atoms with van der Waals surface area (Å²) in [5, 5.41) is 2.51. The van der Waals surface area contributed by atoms with Crippen LogP contribution in [0, 0.1) is 0 Å². The number of carbonyl (C=O) groups excluding carboxylic acids is 2. The largest absolute Gasteiger partial charge is 0.418 e. The number of carbonyl (C=O) groups is 2. The summed E-state index contributed by atoms with van der Waals surface area (Å²) >= 11 is 4.95. The molecule has 2 heterocycles. The molecule has 0 aliphatic rings. The number of hydrogen-bond acceptors (Lipinski definition) is 9. The first-order valence-corrected chi connectivity index (χ1v) is 11.6. The smallest absolute Gasteiger partial charge is 0.415 e. The van der Waals surface area contributed by atoms with Crippen molar-refractivity contribution in [3.63, 3.8) is 0 Å². The predicted octanol–water partition coefficient (Wildman–Crippen LogP) is 5.70. The van der Waals surface area contributed by atoms with Gasteiger partial charge in [0, 0.05) is 11.6 Å². The number of anilines is 2. The van der Waals surface area contributed by atoms with Gasteiger partial charge in [-0.2, -0.15) is 0 Å². The van der Waals surface area contributed by atoms with Gasteiger partial charge in [-0.15, -0.1) is 0 Å². The maximum atomic E-state index is 11.5. The first-order chi connectivity index (χ1) is 17.9. The standard InChI is InChI=1S/C13H13N3O2.C7H5ClO2.C6H9N3/c1-2-10-8-15-12(9-14-10)16-13(17)18-11-6-4-3-5-7-11;8-7(9)10-6-4-2-1-3-5-6;1-2-5-3-9-6(7)4-8-5/h3-9H,2H2,1H3,(H,15,16,17);1-5H;3-4H,2H2,1H3,(H2,7,9). The molecule has 0 bridgehead atoms. The number of benzene rings is 2. The summed E-state index contributed by atoms with van der Waals surface area (Å²) in [5.74, 6) is 1.79. The number of hydrogen-bond donors (Lipinski definition) is 2. The number of aromatic nitrogens is 4. The first-order valence-electron chi connectivity index (χ1n) is 11.2. The van der Waals surface area contributed by atoms with E-state index in [9.17, 15) is 9.59 Å². The van der Waals surface area contributed by atoms with Gasteiger partial charge in [0.15, 0.2) is 5.82 Å². The van der Waals surface area contributed by atoms with Crippen LogP contribution < -0.4 is 20.5 Å². The van der Waals surface area contributed by atoms with Gasteiger partial charge in [-0.1, -0.05) is 50.2 Å². The van der Waals surface area contributed by atoms with Crippen LogP contribution in [0.2, 0.25) is 0 Å². The van der Waals surface area contributed by atoms with Crippen LogP contribution in [0.25, 0.3) is 0 Å². The van der Waals surface area contributed by atoms with E-state index in [2.05, 4.69) is 30.0 Å². The van der Waals surface area contributed by atoms with Gasteiger partial charge in [0.2, 0.25) is 0 Å². The van der Waals surface area contributed by atoms with Crippen molar-refractivity contribution in [2.45, 2.75) is 26.7 Å². The fourth-order valence-electron chi connectivity index (χ4n) is 2.46. The lowest BCUT2D eigenvalue weighted by Crippen LogP contribution is -2.17. The van der Waals surface area contributed by atoms with Crippen LogP contribution >= 0.6 is 11.6 Å². The third-order valence-electron chi connectivity index (χ3n) is 4.28. The van der Waals surface area contributed by atoms with Gasteiger partial charge in [-0.3, -0.25) is 15.3 Å². The third-order valence-corrected chi connectivity index (χ3v) is 4.36. The molecule has 37 heavy (non-hydrogen) atoms. The third kappa shape index (κ3) is 12.1. The average Bonchev–Trinajstić information content (AvgIpc) is 2.91. The van der Waals surface area contributed by atoms with Gasteiger partial charge in [-0.25, -0.2) is 19.6 Å². The summed E-state index contributed by atoms with van der Waals surface area (Å²) < 4.78 is 9.60. The SMILES string of the molecule is CCc1cnc(N)cn1.CCc1cnc(NC(=O)Oc2ccccc2)cn1.O=C(Cl)Oc1ccccc1. The topological polar surface area (TPSA) is 142 Å². The van der Waals surface area contributed by atoms with E-state index in [4.69, 9.17) is 22.1 Å². The fourth-order valence-corrected chi connectivity index (χ4v) is 2.55. The number of nitrogens with one attached hydrogen (secondary N) is 1. The van der Waals surface area contributed by atoms with Crippen molar-refractivity contribution in [2.24, 2.45) is 0 Å². The van der Waals surface area contributed by atoms with Crippen LogP contribution in [-0.4, -0.2) is 31.5 Å². The van der Waals surface area contributed by atoms with Crippen LogP contribution in [-0.2, 0) is 12.8 Å². The van der Waals surface area contributed by atoms with Crippen molar-refractivity contribution in [3.05, 3.63) is 96.8 Å². The molecule has 3 N–H and O–H groups in total. The van der Waals surface area contributed by atoms with E-state index in [0.29, 0.717) is 23.1 Å². The average molecular weight is 523 g/mol. The van der Waals surface area contributed by atoms with E-state index in [1.165, 1.54) is 6.20 Å². The molecule has 2 aromatic heterocycles. The molecule has 0 unspecified atom stereocenters. The number of amides is 1. The Bertz CT molecular complexity index is 1210. The molecule has 0 fully saturated rings. The minimum Gasteiger partial charge on any atom is -0.415 e. The lowest BCUT2D eigenvalue weighted by Gasteiger charge is -2.05. The van der Waals surface area contributed by atoms with Crippen LogP contribution in [0.15, 0.2) is 85.5 Å². The highest BCUT2D eigenvalue weighted by Gasteiger charge is 2.05. The van der Waals surface area contributed by atoms with E-state index < -0.39 is 11.5 Å². The number of aryl methyl sites for hydroxylation is 2. The molecule has 11 heteroatoms. The van der Waals surface area contributed by atoms with Crippen LogP contribution in [0.3, 0.4) is 0 Å². The van der Waals surface area contributed by atoms with Crippen molar-refractivity contribution in [2.75, 3.05) is 11.1 Å². The molecule has 0 saturated heterocycles. The number of para-hydroxylation sites is 2. The second kappa shape index (κ2) is 16.2. The lowest BCUT2D eigenvalue weighted by atomic mass is 10.3. The molecule has 0 atom stereocenters. The molecule has 0 aliphatic heterocycles. The molecule has 0 radical (unpaired) electrons. The van der Waals surface area contributed by atoms with Gasteiger partial charge in [0.1, 0.15) is 17.3 Å². The fraction of sp³-hybridized carbons (Fsp3) is 0.154. The van der Waals surface area contributed by atoms with Crippen LogP contribution in [0.5, 0.6) is 11.5 Å². The normalized spacial score (nSPS) is 9.49. The molecule has 0 spiro atoms. The lowest BCUT2D eigenvalue weighted by molar-refractivity contribution is 0.215. The van der Waals surface area contributed by atoms with E-state index in [1.54, 1.807) is 67.1 Å². The minimum absolute atomic E-state index is 0.369. The molecule has 192 valence electrons. The molecule has 10 nitrogen and oxygen atoms in total. The summed E-state index contributed by atoms with van der Waals surface area (Å²) in [7, 11) is 0. The Morgan fingerprint density at radius 1 is 0.757 bits per heavy atom. The summed E-state index contributed by atoms with van der Waals surface area (Å²) in [6, 6.07) is 17.5. The van der Waals surface area contributed by atoms with Gasteiger partial charge in [0.05, 0.1) is 36.2 Å². The summed E-state index contributed by atoms with van der Waals surface area (Å²) in [5.41, 5.74) is 6.34. The molecule has 0 saturated carbocycles. The Morgan fingerprint density at radius 3 is 1.70 bits per heavy atom. The van der Waals surface area contributed by atoms with Crippen molar-refractivity contribution >= 4 is 34.8 Å². The molecule has 4 aromatic rings.